The van der Waals surface area contributed by atoms with Crippen LogP contribution < -0.4 is 10.2 Å². The Kier molecular flexibility index (Phi) is 4.75. The van der Waals surface area contributed by atoms with Crippen LogP contribution in [0.15, 0.2) is 41.7 Å². The predicted octanol–water partition coefficient (Wildman–Crippen LogP) is 0.713. The Morgan fingerprint density at radius 2 is 2.00 bits per heavy atom. The largest absolute Gasteiger partial charge is 0.353 e. The average Bonchev–Trinajstić information content (AvgIpc) is 3.02. The second kappa shape index (κ2) is 7.13. The molecule has 0 unspecified atom stereocenters. The molecule has 0 aromatic carbocycles. The number of aliphatic imine (C=N–C) groups is 1. The molecule has 0 spiro atoms. The van der Waals surface area contributed by atoms with E-state index in [1.807, 2.05) is 49.4 Å². The Balaban J connectivity index is 1.54. The summed E-state index contributed by atoms with van der Waals surface area (Å²) in [5, 5.41) is 7.60. The molecule has 23 heavy (non-hydrogen) atoms. The molecule has 1 N–H and O–H groups in total. The van der Waals surface area contributed by atoms with Gasteiger partial charge in [-0.3, -0.25) is 9.67 Å². The first-order valence-electron chi connectivity index (χ1n) is 7.86. The Bertz CT molecular complexity index is 641. The molecule has 7 heteroatoms. The highest BCUT2D eigenvalue weighted by atomic mass is 15.4. The lowest BCUT2D eigenvalue weighted by molar-refractivity contribution is 0.371. The molecule has 0 bridgehead atoms. The molecule has 3 heterocycles. The number of anilines is 1. The molecular weight excluding hydrogens is 290 g/mol. The summed E-state index contributed by atoms with van der Waals surface area (Å²) in [6, 6.07) is 8.05. The lowest BCUT2D eigenvalue weighted by Gasteiger charge is -2.37. The molecular formula is C16H23N7. The maximum atomic E-state index is 4.42. The van der Waals surface area contributed by atoms with Gasteiger partial charge in [0.25, 0.3) is 0 Å². The smallest absolute Gasteiger partial charge is 0.194 e. The van der Waals surface area contributed by atoms with Crippen LogP contribution in [0, 0.1) is 0 Å². The lowest BCUT2D eigenvalue weighted by atomic mass is 10.3. The number of hydrogen-bond donors (Lipinski definition) is 1. The Morgan fingerprint density at radius 3 is 2.61 bits per heavy atom. The van der Waals surface area contributed by atoms with Gasteiger partial charge in [0.15, 0.2) is 5.96 Å². The summed E-state index contributed by atoms with van der Waals surface area (Å²) in [5.74, 6) is 1.98. The third-order valence-corrected chi connectivity index (χ3v) is 4.11. The van der Waals surface area contributed by atoms with Gasteiger partial charge in [0.2, 0.25) is 0 Å². The van der Waals surface area contributed by atoms with Crippen LogP contribution in [0.1, 0.15) is 5.69 Å². The van der Waals surface area contributed by atoms with E-state index in [4.69, 9.17) is 0 Å². The summed E-state index contributed by atoms with van der Waals surface area (Å²) < 4.78 is 1.87. The van der Waals surface area contributed by atoms with Crippen LogP contribution in [-0.2, 0) is 13.6 Å². The zero-order valence-electron chi connectivity index (χ0n) is 13.7. The summed E-state index contributed by atoms with van der Waals surface area (Å²) >= 11 is 0. The van der Waals surface area contributed by atoms with E-state index in [0.29, 0.717) is 0 Å². The van der Waals surface area contributed by atoms with Crippen LogP contribution in [0.25, 0.3) is 0 Å². The Labute approximate surface area is 136 Å². The van der Waals surface area contributed by atoms with Gasteiger partial charge in [-0.05, 0) is 18.2 Å². The van der Waals surface area contributed by atoms with Crippen molar-refractivity contribution < 1.29 is 0 Å². The van der Waals surface area contributed by atoms with Crippen molar-refractivity contribution in [2.75, 3.05) is 38.1 Å². The van der Waals surface area contributed by atoms with Crippen molar-refractivity contribution >= 4 is 11.8 Å². The average molecular weight is 313 g/mol. The molecule has 0 radical (unpaired) electrons. The van der Waals surface area contributed by atoms with E-state index in [-0.39, 0.29) is 0 Å². The van der Waals surface area contributed by atoms with E-state index in [1.54, 1.807) is 0 Å². The minimum absolute atomic E-state index is 0.726. The quantitative estimate of drug-likeness (QED) is 0.668. The van der Waals surface area contributed by atoms with Gasteiger partial charge in [-0.25, -0.2) is 4.98 Å². The number of rotatable bonds is 3. The predicted molar refractivity (Wildman–Crippen MR) is 91.4 cm³/mol. The molecule has 3 rings (SSSR count). The van der Waals surface area contributed by atoms with E-state index in [0.717, 1.165) is 50.2 Å². The number of nitrogens with zero attached hydrogens (tertiary/aromatic N) is 6. The molecule has 2 aromatic heterocycles. The highest BCUT2D eigenvalue weighted by molar-refractivity contribution is 5.80. The number of piperazine rings is 1. The molecule has 1 aliphatic heterocycles. The zero-order chi connectivity index (χ0) is 16.1. The number of hydrogen-bond acceptors (Lipinski definition) is 4. The molecule has 1 aliphatic rings. The second-order valence-electron chi connectivity index (χ2n) is 5.51. The molecule has 0 aliphatic carbocycles. The Hall–Kier alpha value is -2.57. The minimum Gasteiger partial charge on any atom is -0.353 e. The summed E-state index contributed by atoms with van der Waals surface area (Å²) in [5.41, 5.74) is 1.14. The van der Waals surface area contributed by atoms with Gasteiger partial charge < -0.3 is 15.1 Å². The fourth-order valence-electron chi connectivity index (χ4n) is 2.76. The van der Waals surface area contributed by atoms with Gasteiger partial charge in [-0.15, -0.1) is 0 Å². The van der Waals surface area contributed by atoms with Crippen molar-refractivity contribution in [3.63, 3.8) is 0 Å². The van der Waals surface area contributed by atoms with Crippen LogP contribution in [-0.4, -0.2) is 58.9 Å². The van der Waals surface area contributed by atoms with E-state index in [9.17, 15) is 0 Å². The normalized spacial score (nSPS) is 15.8. The first-order valence-corrected chi connectivity index (χ1v) is 7.86. The molecule has 1 fully saturated rings. The fourth-order valence-corrected chi connectivity index (χ4v) is 2.76. The molecule has 0 atom stereocenters. The number of guanidine groups is 1. The van der Waals surface area contributed by atoms with E-state index < -0.39 is 0 Å². The van der Waals surface area contributed by atoms with Crippen molar-refractivity contribution in [3.05, 3.63) is 42.4 Å². The van der Waals surface area contributed by atoms with Crippen molar-refractivity contribution in [3.8, 4) is 0 Å². The SMILES string of the molecule is CN=C(NCc1ccnn1C)N1CCN(c2ccccn2)CC1. The second-order valence-corrected chi connectivity index (χ2v) is 5.51. The topological polar surface area (TPSA) is 61.6 Å². The van der Waals surface area contributed by atoms with Gasteiger partial charge >= 0.3 is 0 Å². The van der Waals surface area contributed by atoms with Crippen molar-refractivity contribution in [1.82, 2.24) is 25.0 Å². The number of nitrogens with one attached hydrogen (secondary N) is 1. The van der Waals surface area contributed by atoms with E-state index in [1.165, 1.54) is 0 Å². The monoisotopic (exact) mass is 313 g/mol. The van der Waals surface area contributed by atoms with Crippen LogP contribution in [0.4, 0.5) is 5.82 Å². The van der Waals surface area contributed by atoms with Crippen molar-refractivity contribution in [2.45, 2.75) is 6.54 Å². The summed E-state index contributed by atoms with van der Waals surface area (Å²) in [4.78, 5) is 13.4. The molecule has 7 nitrogen and oxygen atoms in total. The summed E-state index contributed by atoms with van der Waals surface area (Å²) in [7, 11) is 3.78. The van der Waals surface area contributed by atoms with Gasteiger partial charge in [-0.2, -0.15) is 5.10 Å². The van der Waals surface area contributed by atoms with Gasteiger partial charge in [0.1, 0.15) is 5.82 Å². The zero-order valence-corrected chi connectivity index (χ0v) is 13.7. The van der Waals surface area contributed by atoms with Gasteiger partial charge in [0, 0.05) is 52.7 Å². The van der Waals surface area contributed by atoms with Crippen LogP contribution in [0.3, 0.4) is 0 Å². The first kappa shape index (κ1) is 15.3. The maximum Gasteiger partial charge on any atom is 0.194 e. The van der Waals surface area contributed by atoms with E-state index in [2.05, 4.69) is 36.3 Å². The molecule has 0 amide bonds. The minimum atomic E-state index is 0.726. The maximum absolute atomic E-state index is 4.42. The third-order valence-electron chi connectivity index (χ3n) is 4.11. The van der Waals surface area contributed by atoms with E-state index >= 15 is 0 Å². The first-order chi connectivity index (χ1) is 11.3. The lowest BCUT2D eigenvalue weighted by Crippen LogP contribution is -2.52. The van der Waals surface area contributed by atoms with Crippen molar-refractivity contribution in [1.29, 1.82) is 0 Å². The molecule has 1 saturated heterocycles. The molecule has 0 saturated carbocycles. The van der Waals surface area contributed by atoms with Crippen LogP contribution in [0.5, 0.6) is 0 Å². The summed E-state index contributed by atoms with van der Waals surface area (Å²) in [6.07, 6.45) is 3.65. The molecule has 2 aromatic rings. The Morgan fingerprint density at radius 1 is 1.17 bits per heavy atom. The highest BCUT2D eigenvalue weighted by Gasteiger charge is 2.20. The van der Waals surface area contributed by atoms with Crippen molar-refractivity contribution in [2.24, 2.45) is 12.0 Å². The van der Waals surface area contributed by atoms with Crippen LogP contribution >= 0.6 is 0 Å². The third kappa shape index (κ3) is 3.61. The molecule has 122 valence electrons. The van der Waals surface area contributed by atoms with Crippen LogP contribution in [0.2, 0.25) is 0 Å². The number of pyridine rings is 1. The number of aromatic nitrogens is 3. The summed E-state index contributed by atoms with van der Waals surface area (Å²) in [6.45, 7) is 4.49. The van der Waals surface area contributed by atoms with Gasteiger partial charge in [-0.1, -0.05) is 6.07 Å². The number of aryl methyl sites for hydroxylation is 1. The highest BCUT2D eigenvalue weighted by Crippen LogP contribution is 2.12. The van der Waals surface area contributed by atoms with Gasteiger partial charge in [0.05, 0.1) is 12.2 Å². The standard InChI is InChI=1S/C16H23N7/c1-17-16(19-13-14-6-8-20-21(14)2)23-11-9-22(10-12-23)15-5-3-4-7-18-15/h3-8H,9-13H2,1-2H3,(H,17,19). The fraction of sp³-hybridized carbons (Fsp3) is 0.438.